The molecule has 7 heteroatoms. The van der Waals surface area contributed by atoms with Gasteiger partial charge in [-0.25, -0.2) is 0 Å². The number of furan rings is 1. The summed E-state index contributed by atoms with van der Waals surface area (Å²) in [5.74, 6) is 0.780. The number of nitrogens with one attached hydrogen (secondary N) is 1. The van der Waals surface area contributed by atoms with Crippen molar-refractivity contribution < 1.29 is 9.21 Å². The SMILES string of the molecule is CC1=CN2C(=N)C(=Cc3ccc(-c4cccc(Cl)c4)o3)C(=O)N=C2S1. The molecule has 0 spiro atoms. The summed E-state index contributed by atoms with van der Waals surface area (Å²) >= 11 is 7.38. The fourth-order valence-corrected chi connectivity index (χ4v) is 3.58. The Bertz CT molecular complexity index is 1000. The van der Waals surface area contributed by atoms with E-state index in [9.17, 15) is 4.79 Å². The standard InChI is InChI=1S/C18H12ClN3O2S/c1-10-9-22-16(20)14(17(23)21-18(22)25-10)8-13-5-6-15(24-13)11-3-2-4-12(19)7-11/h2-9,20H,1H3. The first-order valence-electron chi connectivity index (χ1n) is 7.46. The van der Waals surface area contributed by atoms with Crippen molar-refractivity contribution in [2.24, 2.45) is 4.99 Å². The molecule has 4 rings (SSSR count). The van der Waals surface area contributed by atoms with E-state index in [0.29, 0.717) is 21.7 Å². The van der Waals surface area contributed by atoms with Gasteiger partial charge in [-0.05, 0) is 37.3 Å². The lowest BCUT2D eigenvalue weighted by Crippen LogP contribution is -2.35. The lowest BCUT2D eigenvalue weighted by molar-refractivity contribution is -0.114. The number of aliphatic imine (C=N–C) groups is 1. The molecule has 124 valence electrons. The van der Waals surface area contributed by atoms with Crippen LogP contribution in [0.4, 0.5) is 0 Å². The van der Waals surface area contributed by atoms with Crippen molar-refractivity contribution in [2.75, 3.05) is 0 Å². The third-order valence-corrected chi connectivity index (χ3v) is 4.85. The number of amidine groups is 2. The number of hydrogen-bond acceptors (Lipinski definition) is 4. The number of carbonyl (C=O) groups excluding carboxylic acids is 1. The monoisotopic (exact) mass is 369 g/mol. The molecule has 25 heavy (non-hydrogen) atoms. The first-order valence-corrected chi connectivity index (χ1v) is 8.65. The molecule has 0 fully saturated rings. The normalized spacial score (nSPS) is 18.5. The number of carbonyl (C=O) groups is 1. The molecule has 2 aliphatic rings. The van der Waals surface area contributed by atoms with E-state index in [1.807, 2.05) is 19.1 Å². The molecule has 1 amide bonds. The van der Waals surface area contributed by atoms with E-state index < -0.39 is 5.91 Å². The summed E-state index contributed by atoms with van der Waals surface area (Å²) < 4.78 is 5.79. The third kappa shape index (κ3) is 2.94. The molecule has 0 unspecified atom stereocenters. The predicted molar refractivity (Wildman–Crippen MR) is 100 cm³/mol. The summed E-state index contributed by atoms with van der Waals surface area (Å²) in [6, 6.07) is 10.9. The highest BCUT2D eigenvalue weighted by atomic mass is 35.5. The minimum Gasteiger partial charge on any atom is -0.457 e. The average molecular weight is 370 g/mol. The second kappa shape index (κ2) is 6.06. The van der Waals surface area contributed by atoms with Gasteiger partial charge in [-0.3, -0.25) is 15.1 Å². The second-order valence-corrected chi connectivity index (χ2v) is 7.18. The maximum Gasteiger partial charge on any atom is 0.283 e. The van der Waals surface area contributed by atoms with Crippen molar-refractivity contribution >= 4 is 46.3 Å². The highest BCUT2D eigenvalue weighted by Crippen LogP contribution is 2.33. The van der Waals surface area contributed by atoms with Crippen LogP contribution >= 0.6 is 23.4 Å². The Balaban J connectivity index is 1.68. The lowest BCUT2D eigenvalue weighted by atomic mass is 10.1. The number of amides is 1. The zero-order valence-electron chi connectivity index (χ0n) is 13.1. The molecule has 3 heterocycles. The van der Waals surface area contributed by atoms with Crippen LogP contribution in [0.15, 0.2) is 62.5 Å². The van der Waals surface area contributed by atoms with Gasteiger partial charge in [-0.15, -0.1) is 0 Å². The van der Waals surface area contributed by atoms with Gasteiger partial charge in [0.05, 0.1) is 5.57 Å². The molecule has 2 aromatic rings. The number of hydrogen-bond donors (Lipinski definition) is 1. The maximum absolute atomic E-state index is 12.3. The molecule has 0 radical (unpaired) electrons. The molecule has 0 bridgehead atoms. The first-order chi connectivity index (χ1) is 12.0. The van der Waals surface area contributed by atoms with Gasteiger partial charge >= 0.3 is 0 Å². The molecule has 1 aromatic heterocycles. The maximum atomic E-state index is 12.3. The molecular weight excluding hydrogens is 358 g/mol. The zero-order valence-corrected chi connectivity index (χ0v) is 14.7. The highest BCUT2D eigenvalue weighted by molar-refractivity contribution is 8.17. The van der Waals surface area contributed by atoms with Crippen LogP contribution in [0.5, 0.6) is 0 Å². The van der Waals surface area contributed by atoms with Gasteiger partial charge in [0.25, 0.3) is 5.91 Å². The molecule has 0 atom stereocenters. The molecular formula is C18H12ClN3O2S. The van der Waals surface area contributed by atoms with Crippen molar-refractivity contribution in [1.29, 1.82) is 5.41 Å². The number of halogens is 1. The average Bonchev–Trinajstić information content (AvgIpc) is 3.18. The minimum absolute atomic E-state index is 0.0973. The summed E-state index contributed by atoms with van der Waals surface area (Å²) in [6.45, 7) is 1.91. The van der Waals surface area contributed by atoms with Gasteiger partial charge in [-0.1, -0.05) is 35.5 Å². The fraction of sp³-hybridized carbons (Fsp3) is 0.0556. The van der Waals surface area contributed by atoms with Gasteiger partial charge in [-0.2, -0.15) is 4.99 Å². The van der Waals surface area contributed by atoms with Crippen LogP contribution in [0.25, 0.3) is 17.4 Å². The van der Waals surface area contributed by atoms with Crippen LogP contribution in [-0.4, -0.2) is 21.8 Å². The smallest absolute Gasteiger partial charge is 0.283 e. The number of nitrogens with zero attached hydrogens (tertiary/aromatic N) is 2. The Kier molecular flexibility index (Phi) is 3.86. The molecule has 0 aliphatic carbocycles. The number of rotatable bonds is 2. The van der Waals surface area contributed by atoms with Crippen LogP contribution in [0.3, 0.4) is 0 Å². The Morgan fingerprint density at radius 2 is 2.16 bits per heavy atom. The van der Waals surface area contributed by atoms with Gasteiger partial charge in [0.15, 0.2) is 5.17 Å². The van der Waals surface area contributed by atoms with Crippen molar-refractivity contribution in [2.45, 2.75) is 6.92 Å². The van der Waals surface area contributed by atoms with E-state index in [1.165, 1.54) is 11.8 Å². The molecule has 1 N–H and O–H groups in total. The Morgan fingerprint density at radius 1 is 1.32 bits per heavy atom. The fourth-order valence-electron chi connectivity index (χ4n) is 2.57. The van der Waals surface area contributed by atoms with Crippen molar-refractivity contribution in [1.82, 2.24) is 4.90 Å². The molecule has 2 aliphatic heterocycles. The van der Waals surface area contributed by atoms with Gasteiger partial charge in [0, 0.05) is 21.7 Å². The Hall–Kier alpha value is -2.57. The van der Waals surface area contributed by atoms with Crippen LogP contribution in [0.1, 0.15) is 12.7 Å². The van der Waals surface area contributed by atoms with E-state index >= 15 is 0 Å². The van der Waals surface area contributed by atoms with Crippen LogP contribution in [-0.2, 0) is 4.79 Å². The minimum atomic E-state index is -0.437. The van der Waals surface area contributed by atoms with Gasteiger partial charge in [0.2, 0.25) is 0 Å². The largest absolute Gasteiger partial charge is 0.457 e. The number of allylic oxidation sites excluding steroid dienone is 1. The second-order valence-electron chi connectivity index (χ2n) is 5.53. The molecule has 0 saturated heterocycles. The Morgan fingerprint density at radius 3 is 2.96 bits per heavy atom. The number of benzene rings is 1. The van der Waals surface area contributed by atoms with Crippen molar-refractivity contribution in [3.05, 3.63) is 63.9 Å². The predicted octanol–water partition coefficient (Wildman–Crippen LogP) is 4.77. The summed E-state index contributed by atoms with van der Waals surface area (Å²) in [5, 5.41) is 9.42. The van der Waals surface area contributed by atoms with Crippen molar-refractivity contribution in [3.8, 4) is 11.3 Å². The molecule has 0 saturated carbocycles. The Labute approximate surface area is 153 Å². The van der Waals surface area contributed by atoms with Crippen LogP contribution in [0.2, 0.25) is 5.02 Å². The number of fused-ring (bicyclic) bond motifs is 1. The van der Waals surface area contributed by atoms with Crippen LogP contribution < -0.4 is 0 Å². The van der Waals surface area contributed by atoms with E-state index in [2.05, 4.69) is 4.99 Å². The van der Waals surface area contributed by atoms with Gasteiger partial charge < -0.3 is 4.42 Å². The quantitative estimate of drug-likeness (QED) is 0.774. The topological polar surface area (TPSA) is 69.7 Å². The molecule has 5 nitrogen and oxygen atoms in total. The first kappa shape index (κ1) is 15.9. The van der Waals surface area contributed by atoms with E-state index in [0.717, 1.165) is 10.5 Å². The van der Waals surface area contributed by atoms with E-state index in [1.54, 1.807) is 41.4 Å². The van der Waals surface area contributed by atoms with Crippen LogP contribution in [0, 0.1) is 5.41 Å². The van der Waals surface area contributed by atoms with E-state index in [-0.39, 0.29) is 11.4 Å². The lowest BCUT2D eigenvalue weighted by Gasteiger charge is -2.21. The summed E-state index contributed by atoms with van der Waals surface area (Å²) in [5.41, 5.74) is 1.04. The number of thioether (sulfide) groups is 1. The van der Waals surface area contributed by atoms with Crippen molar-refractivity contribution in [3.63, 3.8) is 0 Å². The highest BCUT2D eigenvalue weighted by Gasteiger charge is 2.33. The molecule has 1 aromatic carbocycles. The van der Waals surface area contributed by atoms with E-state index in [4.69, 9.17) is 21.4 Å². The van der Waals surface area contributed by atoms with Gasteiger partial charge in [0.1, 0.15) is 17.4 Å². The third-order valence-electron chi connectivity index (χ3n) is 3.72. The zero-order chi connectivity index (χ0) is 17.6. The summed E-state index contributed by atoms with van der Waals surface area (Å²) in [7, 11) is 0. The summed E-state index contributed by atoms with van der Waals surface area (Å²) in [6.07, 6.45) is 3.34. The summed E-state index contributed by atoms with van der Waals surface area (Å²) in [4.78, 5) is 18.9.